The van der Waals surface area contributed by atoms with E-state index in [0.29, 0.717) is 36.1 Å². The Bertz CT molecular complexity index is 530. The summed E-state index contributed by atoms with van der Waals surface area (Å²) in [4.78, 5) is 27.6. The first-order valence-corrected chi connectivity index (χ1v) is 7.70. The van der Waals surface area contributed by atoms with E-state index in [4.69, 9.17) is 11.6 Å². The predicted octanol–water partition coefficient (Wildman–Crippen LogP) is 2.09. The van der Waals surface area contributed by atoms with Gasteiger partial charge < -0.3 is 10.6 Å². The van der Waals surface area contributed by atoms with Crippen molar-refractivity contribution >= 4 is 23.4 Å². The molecule has 1 saturated carbocycles. The zero-order chi connectivity index (χ0) is 15.2. The molecule has 1 aliphatic carbocycles. The van der Waals surface area contributed by atoms with Crippen molar-refractivity contribution in [1.29, 1.82) is 0 Å². The van der Waals surface area contributed by atoms with Gasteiger partial charge in [-0.2, -0.15) is 0 Å². The molecule has 2 N–H and O–H groups in total. The van der Waals surface area contributed by atoms with Crippen LogP contribution in [-0.2, 0) is 11.2 Å². The molecule has 0 atom stereocenters. The minimum absolute atomic E-state index is 0.0620. The normalized spacial score (nSPS) is 13.8. The van der Waals surface area contributed by atoms with Crippen molar-refractivity contribution in [2.24, 2.45) is 0 Å². The van der Waals surface area contributed by atoms with Gasteiger partial charge in [0.15, 0.2) is 0 Å². The summed E-state index contributed by atoms with van der Waals surface area (Å²) in [7, 11) is 0. The molecule has 2 amide bonds. The molecular formula is C15H20ClN3O2. The van der Waals surface area contributed by atoms with Crippen LogP contribution in [0.1, 0.15) is 48.7 Å². The maximum absolute atomic E-state index is 12.0. The van der Waals surface area contributed by atoms with E-state index < -0.39 is 0 Å². The van der Waals surface area contributed by atoms with Crippen LogP contribution < -0.4 is 10.6 Å². The number of hydrogen-bond donors (Lipinski definition) is 2. The van der Waals surface area contributed by atoms with Crippen LogP contribution in [0.5, 0.6) is 0 Å². The number of carbonyl (C=O) groups is 2. The Morgan fingerprint density at radius 3 is 2.81 bits per heavy atom. The summed E-state index contributed by atoms with van der Waals surface area (Å²) in [5.41, 5.74) is 1.30. The molecule has 0 bridgehead atoms. The molecule has 0 radical (unpaired) electrons. The van der Waals surface area contributed by atoms with Crippen LogP contribution in [-0.4, -0.2) is 29.4 Å². The molecule has 1 aromatic heterocycles. The van der Waals surface area contributed by atoms with Gasteiger partial charge in [0.05, 0.1) is 0 Å². The first-order chi connectivity index (χ1) is 10.1. The van der Waals surface area contributed by atoms with Crippen molar-refractivity contribution in [2.75, 3.05) is 6.54 Å². The number of carbonyl (C=O) groups excluding carboxylic acids is 2. The largest absolute Gasteiger partial charge is 0.353 e. The van der Waals surface area contributed by atoms with E-state index in [-0.39, 0.29) is 11.8 Å². The summed E-state index contributed by atoms with van der Waals surface area (Å²) in [6, 6.07) is 3.68. The molecule has 114 valence electrons. The molecule has 0 saturated heterocycles. The van der Waals surface area contributed by atoms with Gasteiger partial charge in [0.25, 0.3) is 5.91 Å². The lowest BCUT2D eigenvalue weighted by molar-refractivity contribution is -0.121. The maximum Gasteiger partial charge on any atom is 0.251 e. The summed E-state index contributed by atoms with van der Waals surface area (Å²) in [5.74, 6) is -0.122. The van der Waals surface area contributed by atoms with Crippen LogP contribution in [0.4, 0.5) is 0 Å². The molecule has 1 fully saturated rings. The van der Waals surface area contributed by atoms with E-state index in [0.717, 1.165) is 25.0 Å². The molecular weight excluding hydrogens is 290 g/mol. The van der Waals surface area contributed by atoms with Gasteiger partial charge in [-0.05, 0) is 37.8 Å². The van der Waals surface area contributed by atoms with E-state index in [1.54, 1.807) is 12.1 Å². The number of rotatable bonds is 7. The van der Waals surface area contributed by atoms with Crippen molar-refractivity contribution in [1.82, 2.24) is 15.6 Å². The quantitative estimate of drug-likeness (QED) is 0.598. The van der Waals surface area contributed by atoms with Crippen molar-refractivity contribution in [3.05, 3.63) is 28.5 Å². The highest BCUT2D eigenvalue weighted by atomic mass is 35.5. The molecule has 2 rings (SSSR count). The Kier molecular flexibility index (Phi) is 5.56. The van der Waals surface area contributed by atoms with Crippen LogP contribution in [0, 0.1) is 0 Å². The molecule has 6 heteroatoms. The number of amides is 2. The first-order valence-electron chi connectivity index (χ1n) is 7.32. The van der Waals surface area contributed by atoms with Gasteiger partial charge in [0.1, 0.15) is 5.15 Å². The van der Waals surface area contributed by atoms with Crippen molar-refractivity contribution < 1.29 is 9.59 Å². The zero-order valence-corrected chi connectivity index (χ0v) is 12.9. The molecule has 0 unspecified atom stereocenters. The molecule has 21 heavy (non-hydrogen) atoms. The SMILES string of the molecule is CCc1cc(C(=O)NCCCC(=O)NC2CC2)cc(Cl)n1. The Morgan fingerprint density at radius 2 is 2.14 bits per heavy atom. The van der Waals surface area contributed by atoms with Crippen LogP contribution in [0.2, 0.25) is 5.15 Å². The van der Waals surface area contributed by atoms with Crippen molar-refractivity contribution in [2.45, 2.75) is 45.1 Å². The van der Waals surface area contributed by atoms with Gasteiger partial charge in [0, 0.05) is 30.3 Å². The second-order valence-electron chi connectivity index (χ2n) is 5.22. The van der Waals surface area contributed by atoms with Gasteiger partial charge in [-0.25, -0.2) is 4.98 Å². The van der Waals surface area contributed by atoms with Crippen LogP contribution >= 0.6 is 11.6 Å². The lowest BCUT2D eigenvalue weighted by Crippen LogP contribution is -2.28. The Morgan fingerprint density at radius 1 is 1.38 bits per heavy atom. The van der Waals surface area contributed by atoms with E-state index in [1.165, 1.54) is 0 Å². The third-order valence-electron chi connectivity index (χ3n) is 3.28. The molecule has 0 aromatic carbocycles. The smallest absolute Gasteiger partial charge is 0.251 e. The summed E-state index contributed by atoms with van der Waals surface area (Å²) >= 11 is 5.89. The fourth-order valence-corrected chi connectivity index (χ4v) is 2.17. The molecule has 1 heterocycles. The number of hydrogen-bond acceptors (Lipinski definition) is 3. The maximum atomic E-state index is 12.0. The Hall–Kier alpha value is -1.62. The standard InChI is InChI=1S/C15H20ClN3O2/c1-2-11-8-10(9-13(16)18-11)15(21)17-7-3-4-14(20)19-12-5-6-12/h8-9,12H,2-7H2,1H3,(H,17,21)(H,19,20). The van der Waals surface area contributed by atoms with E-state index in [1.807, 2.05) is 6.92 Å². The second-order valence-corrected chi connectivity index (χ2v) is 5.61. The third kappa shape index (κ3) is 5.34. The summed E-state index contributed by atoms with van der Waals surface area (Å²) < 4.78 is 0. The summed E-state index contributed by atoms with van der Waals surface area (Å²) in [6.45, 7) is 2.43. The molecule has 5 nitrogen and oxygen atoms in total. The minimum Gasteiger partial charge on any atom is -0.353 e. The van der Waals surface area contributed by atoms with E-state index in [9.17, 15) is 9.59 Å². The van der Waals surface area contributed by atoms with Gasteiger partial charge in [-0.3, -0.25) is 9.59 Å². The number of nitrogens with one attached hydrogen (secondary N) is 2. The zero-order valence-electron chi connectivity index (χ0n) is 12.1. The highest BCUT2D eigenvalue weighted by molar-refractivity contribution is 6.29. The fourth-order valence-electron chi connectivity index (χ4n) is 1.94. The van der Waals surface area contributed by atoms with Crippen molar-refractivity contribution in [3.63, 3.8) is 0 Å². The summed E-state index contributed by atoms with van der Waals surface area (Å²) in [5, 5.41) is 6.04. The molecule has 1 aliphatic rings. The Balaban J connectivity index is 1.73. The van der Waals surface area contributed by atoms with Gasteiger partial charge in [-0.15, -0.1) is 0 Å². The third-order valence-corrected chi connectivity index (χ3v) is 3.47. The van der Waals surface area contributed by atoms with Crippen molar-refractivity contribution in [3.8, 4) is 0 Å². The van der Waals surface area contributed by atoms with Gasteiger partial charge >= 0.3 is 0 Å². The summed E-state index contributed by atoms with van der Waals surface area (Å²) in [6.07, 6.45) is 3.97. The van der Waals surface area contributed by atoms with Crippen LogP contribution in [0.15, 0.2) is 12.1 Å². The Labute approximate surface area is 129 Å². The monoisotopic (exact) mass is 309 g/mol. The molecule has 0 spiro atoms. The average molecular weight is 310 g/mol. The van der Waals surface area contributed by atoms with Crippen LogP contribution in [0.3, 0.4) is 0 Å². The topological polar surface area (TPSA) is 71.1 Å². The lowest BCUT2D eigenvalue weighted by Gasteiger charge is -2.07. The average Bonchev–Trinajstić information content (AvgIpc) is 3.26. The molecule has 0 aliphatic heterocycles. The number of nitrogens with zero attached hydrogens (tertiary/aromatic N) is 1. The van der Waals surface area contributed by atoms with Gasteiger partial charge in [-0.1, -0.05) is 18.5 Å². The van der Waals surface area contributed by atoms with E-state index >= 15 is 0 Å². The lowest BCUT2D eigenvalue weighted by atomic mass is 10.2. The predicted molar refractivity (Wildman–Crippen MR) is 81.4 cm³/mol. The number of pyridine rings is 1. The number of halogens is 1. The number of aromatic nitrogens is 1. The highest BCUT2D eigenvalue weighted by Gasteiger charge is 2.22. The van der Waals surface area contributed by atoms with Gasteiger partial charge in [0.2, 0.25) is 5.91 Å². The minimum atomic E-state index is -0.184. The van der Waals surface area contributed by atoms with Crippen LogP contribution in [0.25, 0.3) is 0 Å². The van der Waals surface area contributed by atoms with E-state index in [2.05, 4.69) is 15.6 Å². The molecule has 1 aromatic rings. The first kappa shape index (κ1) is 15.8. The fraction of sp³-hybridized carbons (Fsp3) is 0.533. The number of aryl methyl sites for hydroxylation is 1. The second kappa shape index (κ2) is 7.41. The highest BCUT2D eigenvalue weighted by Crippen LogP contribution is 2.18.